The van der Waals surface area contributed by atoms with Gasteiger partial charge in [0.15, 0.2) is 0 Å². The number of piperazine rings is 1. The van der Waals surface area contributed by atoms with Gasteiger partial charge in [-0.2, -0.15) is 0 Å². The van der Waals surface area contributed by atoms with Gasteiger partial charge in [-0.1, -0.05) is 96.6 Å². The van der Waals surface area contributed by atoms with E-state index >= 15 is 0 Å². The van der Waals surface area contributed by atoms with Crippen LogP contribution in [0.5, 0.6) is 0 Å². The average molecular weight is 528 g/mol. The molecule has 0 bridgehead atoms. The van der Waals surface area contributed by atoms with Crippen LogP contribution >= 0.6 is 0 Å². The molecule has 1 aromatic rings. The van der Waals surface area contributed by atoms with Gasteiger partial charge >= 0.3 is 0 Å². The van der Waals surface area contributed by atoms with E-state index in [0.717, 1.165) is 44.8 Å². The van der Waals surface area contributed by atoms with Crippen molar-refractivity contribution in [2.45, 2.75) is 110 Å². The topological polar surface area (TPSA) is 86.8 Å². The summed E-state index contributed by atoms with van der Waals surface area (Å²) < 4.78 is 0. The van der Waals surface area contributed by atoms with Gasteiger partial charge in [-0.15, -0.1) is 0 Å². The SMILES string of the molecule is CCCCCCCCCCNC(=O)C1CN(C(=O)c2ccc(C=O)cc2)CCN1C(=O)CCCCCCC. The Bertz CT molecular complexity index is 855. The number of hydrogen-bond acceptors (Lipinski definition) is 4. The van der Waals surface area contributed by atoms with Gasteiger partial charge < -0.3 is 15.1 Å². The van der Waals surface area contributed by atoms with Gasteiger partial charge in [-0.3, -0.25) is 19.2 Å². The minimum absolute atomic E-state index is 0.00355. The van der Waals surface area contributed by atoms with Crippen molar-refractivity contribution in [1.82, 2.24) is 15.1 Å². The molecule has 1 aliphatic heterocycles. The summed E-state index contributed by atoms with van der Waals surface area (Å²) in [5, 5.41) is 3.04. The lowest BCUT2D eigenvalue weighted by molar-refractivity contribution is -0.143. The molecule has 1 atom stereocenters. The Morgan fingerprint density at radius 1 is 0.816 bits per heavy atom. The number of hydrogen-bond donors (Lipinski definition) is 1. The molecule has 38 heavy (non-hydrogen) atoms. The summed E-state index contributed by atoms with van der Waals surface area (Å²) in [6, 6.07) is 5.83. The summed E-state index contributed by atoms with van der Waals surface area (Å²) in [6.45, 7) is 5.89. The second-order valence-electron chi connectivity index (χ2n) is 10.5. The Labute approximate surface area is 229 Å². The van der Waals surface area contributed by atoms with Gasteiger partial charge in [-0.25, -0.2) is 0 Å². The Kier molecular flexibility index (Phi) is 15.4. The van der Waals surface area contributed by atoms with E-state index in [1.165, 1.54) is 44.9 Å². The summed E-state index contributed by atoms with van der Waals surface area (Å²) in [5.74, 6) is -0.368. The number of unbranched alkanes of at least 4 members (excludes halogenated alkanes) is 11. The molecule has 212 valence electrons. The zero-order valence-electron chi connectivity index (χ0n) is 23.7. The van der Waals surface area contributed by atoms with Crippen LogP contribution in [0.4, 0.5) is 0 Å². The molecule has 1 unspecified atom stereocenters. The first kappa shape index (κ1) is 31.5. The third-order valence-electron chi connectivity index (χ3n) is 7.41. The Hall–Kier alpha value is -2.70. The van der Waals surface area contributed by atoms with Crippen molar-refractivity contribution in [3.8, 4) is 0 Å². The number of carbonyl (C=O) groups is 4. The minimum atomic E-state index is -0.681. The zero-order valence-corrected chi connectivity index (χ0v) is 23.7. The van der Waals surface area contributed by atoms with Crippen LogP contribution in [0, 0.1) is 0 Å². The smallest absolute Gasteiger partial charge is 0.253 e. The molecule has 0 saturated carbocycles. The summed E-state index contributed by atoms with van der Waals surface area (Å²) >= 11 is 0. The highest BCUT2D eigenvalue weighted by atomic mass is 16.2. The fraction of sp³-hybridized carbons (Fsp3) is 0.677. The van der Waals surface area contributed by atoms with E-state index in [2.05, 4.69) is 19.2 Å². The summed E-state index contributed by atoms with van der Waals surface area (Å²) in [6.07, 6.45) is 16.0. The largest absolute Gasteiger partial charge is 0.354 e. The van der Waals surface area contributed by atoms with Crippen molar-refractivity contribution in [3.05, 3.63) is 35.4 Å². The van der Waals surface area contributed by atoms with Crippen LogP contribution < -0.4 is 5.32 Å². The van der Waals surface area contributed by atoms with Crippen LogP contribution in [-0.4, -0.2) is 66.0 Å². The van der Waals surface area contributed by atoms with Crippen LogP contribution in [0.2, 0.25) is 0 Å². The lowest BCUT2D eigenvalue weighted by atomic mass is 10.1. The van der Waals surface area contributed by atoms with E-state index in [-0.39, 0.29) is 24.3 Å². The van der Waals surface area contributed by atoms with E-state index in [0.29, 0.717) is 37.2 Å². The maximum absolute atomic E-state index is 13.2. The summed E-state index contributed by atoms with van der Waals surface area (Å²) in [4.78, 5) is 53.8. The number of benzene rings is 1. The fourth-order valence-corrected chi connectivity index (χ4v) is 4.99. The number of nitrogens with zero attached hydrogens (tertiary/aromatic N) is 2. The van der Waals surface area contributed by atoms with Crippen LogP contribution in [-0.2, 0) is 9.59 Å². The van der Waals surface area contributed by atoms with Crippen LogP contribution in [0.25, 0.3) is 0 Å². The Morgan fingerprint density at radius 3 is 2.00 bits per heavy atom. The third kappa shape index (κ3) is 11.0. The second kappa shape index (κ2) is 18.5. The number of rotatable bonds is 18. The van der Waals surface area contributed by atoms with E-state index in [4.69, 9.17) is 0 Å². The minimum Gasteiger partial charge on any atom is -0.354 e. The third-order valence-corrected chi connectivity index (χ3v) is 7.41. The van der Waals surface area contributed by atoms with Crippen molar-refractivity contribution in [2.24, 2.45) is 0 Å². The molecular formula is C31H49N3O4. The fourth-order valence-electron chi connectivity index (χ4n) is 4.99. The molecule has 1 aliphatic rings. The molecule has 1 saturated heterocycles. The molecule has 3 amide bonds. The van der Waals surface area contributed by atoms with Crippen molar-refractivity contribution >= 4 is 24.0 Å². The van der Waals surface area contributed by atoms with Crippen LogP contribution in [0.1, 0.15) is 124 Å². The van der Waals surface area contributed by atoms with Crippen molar-refractivity contribution in [3.63, 3.8) is 0 Å². The van der Waals surface area contributed by atoms with Gasteiger partial charge in [-0.05, 0) is 25.0 Å². The normalized spacial score (nSPS) is 15.4. The molecule has 0 aromatic heterocycles. The van der Waals surface area contributed by atoms with E-state index < -0.39 is 6.04 Å². The van der Waals surface area contributed by atoms with Crippen molar-refractivity contribution < 1.29 is 19.2 Å². The monoisotopic (exact) mass is 527 g/mol. The maximum Gasteiger partial charge on any atom is 0.253 e. The Balaban J connectivity index is 1.93. The zero-order chi connectivity index (χ0) is 27.6. The van der Waals surface area contributed by atoms with Crippen molar-refractivity contribution in [2.75, 3.05) is 26.2 Å². The number of amides is 3. The van der Waals surface area contributed by atoms with Crippen LogP contribution in [0.15, 0.2) is 24.3 Å². The average Bonchev–Trinajstić information content (AvgIpc) is 2.95. The second-order valence-corrected chi connectivity index (χ2v) is 10.5. The number of aldehydes is 1. The molecule has 7 heteroatoms. The molecule has 1 fully saturated rings. The standard InChI is InChI=1S/C31H49N3O4/c1-3-5-7-9-10-11-13-15-21-32-30(37)28-24-33(31(38)27-19-17-26(25-35)18-20-27)22-23-34(28)29(36)16-14-12-8-6-4-2/h17-20,25,28H,3-16,21-24H2,1-2H3,(H,32,37). The van der Waals surface area contributed by atoms with Gasteiger partial charge in [0, 0.05) is 37.2 Å². The molecule has 7 nitrogen and oxygen atoms in total. The van der Waals surface area contributed by atoms with Crippen molar-refractivity contribution in [1.29, 1.82) is 0 Å². The molecule has 1 aromatic carbocycles. The van der Waals surface area contributed by atoms with Gasteiger partial charge in [0.1, 0.15) is 12.3 Å². The predicted octanol–water partition coefficient (Wildman–Crippen LogP) is 5.77. The first-order valence-electron chi connectivity index (χ1n) is 14.9. The molecular weight excluding hydrogens is 478 g/mol. The summed E-state index contributed by atoms with van der Waals surface area (Å²) in [5.41, 5.74) is 0.985. The maximum atomic E-state index is 13.2. The van der Waals surface area contributed by atoms with Gasteiger partial charge in [0.2, 0.25) is 11.8 Å². The van der Waals surface area contributed by atoms with Gasteiger partial charge in [0.25, 0.3) is 5.91 Å². The molecule has 1 N–H and O–H groups in total. The molecule has 1 heterocycles. The highest BCUT2D eigenvalue weighted by molar-refractivity contribution is 5.96. The van der Waals surface area contributed by atoms with Gasteiger partial charge in [0.05, 0.1) is 6.54 Å². The summed E-state index contributed by atoms with van der Waals surface area (Å²) in [7, 11) is 0. The van der Waals surface area contributed by atoms with E-state index in [1.54, 1.807) is 34.1 Å². The Morgan fingerprint density at radius 2 is 1.39 bits per heavy atom. The highest BCUT2D eigenvalue weighted by Crippen LogP contribution is 2.17. The highest BCUT2D eigenvalue weighted by Gasteiger charge is 2.36. The van der Waals surface area contributed by atoms with E-state index in [9.17, 15) is 19.2 Å². The van der Waals surface area contributed by atoms with E-state index in [1.807, 2.05) is 0 Å². The first-order valence-corrected chi connectivity index (χ1v) is 14.9. The van der Waals surface area contributed by atoms with Crippen LogP contribution in [0.3, 0.4) is 0 Å². The quantitative estimate of drug-likeness (QED) is 0.194. The first-order chi connectivity index (χ1) is 18.5. The number of nitrogens with one attached hydrogen (secondary N) is 1. The number of carbonyl (C=O) groups excluding carboxylic acids is 4. The molecule has 2 rings (SSSR count). The predicted molar refractivity (Wildman–Crippen MR) is 152 cm³/mol. The molecule has 0 spiro atoms. The lowest BCUT2D eigenvalue weighted by Gasteiger charge is -2.40. The molecule has 0 radical (unpaired) electrons. The molecule has 0 aliphatic carbocycles. The lowest BCUT2D eigenvalue weighted by Crippen LogP contribution is -2.61.